The van der Waals surface area contributed by atoms with Crippen molar-refractivity contribution >= 4 is 34.2 Å². The molecule has 0 aromatic heterocycles. The summed E-state index contributed by atoms with van der Waals surface area (Å²) in [5.74, 6) is 1.82. The molecule has 1 saturated heterocycles. The van der Waals surface area contributed by atoms with Crippen molar-refractivity contribution in [3.8, 4) is 11.5 Å². The molecule has 1 heterocycles. The van der Waals surface area contributed by atoms with Gasteiger partial charge in [0, 0.05) is 0 Å². The van der Waals surface area contributed by atoms with E-state index >= 15 is 0 Å². The molecule has 0 saturated carbocycles. The Kier molecular flexibility index (Phi) is 4.08. The summed E-state index contributed by atoms with van der Waals surface area (Å²) >= 11 is 6.54. The number of nitrogens with zero attached hydrogens (tertiary/aromatic N) is 1. The lowest BCUT2D eigenvalue weighted by Gasteiger charge is -2.16. The summed E-state index contributed by atoms with van der Waals surface area (Å²) in [7, 11) is 3.18. The van der Waals surface area contributed by atoms with Crippen molar-refractivity contribution in [2.75, 3.05) is 20.0 Å². The predicted octanol–water partition coefficient (Wildman–Crippen LogP) is 2.06. The minimum absolute atomic E-state index is 0.0554. The molecule has 18 heavy (non-hydrogen) atoms. The van der Waals surface area contributed by atoms with Crippen LogP contribution in [0, 0.1) is 0 Å². The molecular formula is C12H13NO3S2. The predicted molar refractivity (Wildman–Crippen MR) is 75.2 cm³/mol. The molecule has 4 nitrogen and oxygen atoms in total. The fraction of sp³-hybridized carbons (Fsp3) is 0.333. The minimum Gasteiger partial charge on any atom is -0.493 e. The molecule has 1 fully saturated rings. The highest BCUT2D eigenvalue weighted by Gasteiger charge is 2.26. The monoisotopic (exact) mass is 283 g/mol. The molecule has 1 aliphatic rings. The molecule has 0 unspecified atom stereocenters. The maximum atomic E-state index is 11.6. The normalized spacial score (nSPS) is 15.1. The van der Waals surface area contributed by atoms with Crippen molar-refractivity contribution in [1.29, 1.82) is 0 Å². The quantitative estimate of drug-likeness (QED) is 0.791. The van der Waals surface area contributed by atoms with Gasteiger partial charge in [0.05, 0.1) is 26.5 Å². The smallest absolute Gasteiger partial charge is 0.238 e. The van der Waals surface area contributed by atoms with Crippen LogP contribution in [0.15, 0.2) is 18.2 Å². The zero-order valence-corrected chi connectivity index (χ0v) is 11.8. The summed E-state index contributed by atoms with van der Waals surface area (Å²) < 4.78 is 11.0. The highest BCUT2D eigenvalue weighted by atomic mass is 32.2. The van der Waals surface area contributed by atoms with Crippen molar-refractivity contribution in [2.24, 2.45) is 0 Å². The van der Waals surface area contributed by atoms with Crippen LogP contribution < -0.4 is 9.47 Å². The van der Waals surface area contributed by atoms with Gasteiger partial charge in [-0.05, 0) is 17.7 Å². The Bertz CT molecular complexity index is 474. The molecule has 6 heteroatoms. The van der Waals surface area contributed by atoms with E-state index in [2.05, 4.69) is 0 Å². The van der Waals surface area contributed by atoms with Gasteiger partial charge >= 0.3 is 0 Å². The van der Waals surface area contributed by atoms with Crippen LogP contribution in [0.4, 0.5) is 0 Å². The van der Waals surface area contributed by atoms with Crippen LogP contribution in [0.1, 0.15) is 5.56 Å². The second-order valence-corrected chi connectivity index (χ2v) is 5.33. The molecule has 1 aromatic carbocycles. The number of amides is 1. The zero-order valence-electron chi connectivity index (χ0n) is 10.1. The van der Waals surface area contributed by atoms with Gasteiger partial charge in [0.1, 0.15) is 4.32 Å². The van der Waals surface area contributed by atoms with Gasteiger partial charge in [0.15, 0.2) is 11.5 Å². The number of thiocarbonyl (C=S) groups is 1. The van der Waals surface area contributed by atoms with E-state index in [-0.39, 0.29) is 5.91 Å². The molecule has 0 radical (unpaired) electrons. The van der Waals surface area contributed by atoms with E-state index < -0.39 is 0 Å². The van der Waals surface area contributed by atoms with Crippen molar-refractivity contribution in [3.63, 3.8) is 0 Å². The molecule has 2 rings (SSSR count). The maximum absolute atomic E-state index is 11.6. The molecular weight excluding hydrogens is 270 g/mol. The van der Waals surface area contributed by atoms with Crippen LogP contribution in [0.3, 0.4) is 0 Å². The average Bonchev–Trinajstić information content (AvgIpc) is 2.70. The summed E-state index contributed by atoms with van der Waals surface area (Å²) in [5, 5.41) is 0. The van der Waals surface area contributed by atoms with Crippen molar-refractivity contribution in [1.82, 2.24) is 4.90 Å². The molecule has 0 atom stereocenters. The molecule has 1 amide bonds. The average molecular weight is 283 g/mol. The van der Waals surface area contributed by atoms with Crippen LogP contribution >= 0.6 is 24.0 Å². The van der Waals surface area contributed by atoms with Gasteiger partial charge in [-0.2, -0.15) is 0 Å². The molecule has 0 bridgehead atoms. The van der Waals surface area contributed by atoms with Gasteiger partial charge in [-0.15, -0.1) is 0 Å². The minimum atomic E-state index is 0.0554. The van der Waals surface area contributed by atoms with E-state index in [1.165, 1.54) is 11.8 Å². The lowest BCUT2D eigenvalue weighted by atomic mass is 10.2. The first kappa shape index (κ1) is 13.2. The van der Waals surface area contributed by atoms with E-state index in [0.29, 0.717) is 28.1 Å². The Balaban J connectivity index is 2.19. The lowest BCUT2D eigenvalue weighted by molar-refractivity contribution is -0.124. The Morgan fingerprint density at radius 1 is 1.33 bits per heavy atom. The fourth-order valence-electron chi connectivity index (χ4n) is 1.70. The van der Waals surface area contributed by atoms with E-state index in [9.17, 15) is 4.79 Å². The number of methoxy groups -OCH3 is 2. The molecule has 0 N–H and O–H groups in total. The van der Waals surface area contributed by atoms with E-state index in [1.54, 1.807) is 19.1 Å². The highest BCUT2D eigenvalue weighted by molar-refractivity contribution is 8.23. The van der Waals surface area contributed by atoms with Crippen LogP contribution in [-0.4, -0.2) is 35.1 Å². The summed E-state index contributed by atoms with van der Waals surface area (Å²) in [5.41, 5.74) is 0.964. The van der Waals surface area contributed by atoms with E-state index in [0.717, 1.165) is 5.56 Å². The third-order valence-corrected chi connectivity index (χ3v) is 4.06. The molecule has 1 aliphatic heterocycles. The van der Waals surface area contributed by atoms with Crippen LogP contribution in [0.25, 0.3) is 0 Å². The number of carbonyl (C=O) groups is 1. The summed E-state index contributed by atoms with van der Waals surface area (Å²) in [6.07, 6.45) is 0. The number of benzene rings is 1. The number of hydrogen-bond donors (Lipinski definition) is 0. The van der Waals surface area contributed by atoms with Gasteiger partial charge in [0.25, 0.3) is 0 Å². The topological polar surface area (TPSA) is 38.8 Å². The Labute approximate surface area is 115 Å². The second kappa shape index (κ2) is 5.58. The van der Waals surface area contributed by atoms with Crippen molar-refractivity contribution in [3.05, 3.63) is 23.8 Å². The lowest BCUT2D eigenvalue weighted by Crippen LogP contribution is -2.27. The number of thioether (sulfide) groups is 1. The van der Waals surface area contributed by atoms with E-state index in [1.807, 2.05) is 18.2 Å². The SMILES string of the molecule is COc1ccc(CN2C(=O)CSC2=S)cc1OC. The first-order valence-corrected chi connectivity index (χ1v) is 6.73. The van der Waals surface area contributed by atoms with Gasteiger partial charge in [-0.25, -0.2) is 0 Å². The standard InChI is InChI=1S/C12H13NO3S2/c1-15-9-4-3-8(5-10(9)16-2)6-13-11(14)7-18-12(13)17/h3-5H,6-7H2,1-2H3. The Morgan fingerprint density at radius 2 is 2.06 bits per heavy atom. The third kappa shape index (κ3) is 2.59. The number of hydrogen-bond acceptors (Lipinski definition) is 5. The van der Waals surface area contributed by atoms with Crippen LogP contribution in [0.5, 0.6) is 11.5 Å². The third-order valence-electron chi connectivity index (χ3n) is 2.63. The molecule has 0 spiro atoms. The van der Waals surface area contributed by atoms with E-state index in [4.69, 9.17) is 21.7 Å². The van der Waals surface area contributed by atoms with Crippen LogP contribution in [0.2, 0.25) is 0 Å². The summed E-state index contributed by atoms with van der Waals surface area (Å²) in [6.45, 7) is 0.477. The zero-order chi connectivity index (χ0) is 13.1. The number of carbonyl (C=O) groups excluding carboxylic acids is 1. The number of rotatable bonds is 4. The second-order valence-electron chi connectivity index (χ2n) is 3.72. The van der Waals surface area contributed by atoms with Crippen molar-refractivity contribution < 1.29 is 14.3 Å². The van der Waals surface area contributed by atoms with Gasteiger partial charge in [-0.3, -0.25) is 9.69 Å². The summed E-state index contributed by atoms with van der Waals surface area (Å²) in [4.78, 5) is 13.2. The fourth-order valence-corrected chi connectivity index (χ4v) is 2.76. The summed E-state index contributed by atoms with van der Waals surface area (Å²) in [6, 6.07) is 5.59. The first-order chi connectivity index (χ1) is 8.65. The van der Waals surface area contributed by atoms with Gasteiger partial charge < -0.3 is 9.47 Å². The molecule has 1 aromatic rings. The Hall–Kier alpha value is -1.27. The first-order valence-electron chi connectivity index (χ1n) is 5.33. The Morgan fingerprint density at radius 3 is 2.61 bits per heavy atom. The highest BCUT2D eigenvalue weighted by Crippen LogP contribution is 2.29. The van der Waals surface area contributed by atoms with Gasteiger partial charge in [-0.1, -0.05) is 30.0 Å². The maximum Gasteiger partial charge on any atom is 0.238 e. The van der Waals surface area contributed by atoms with Crippen molar-refractivity contribution in [2.45, 2.75) is 6.54 Å². The molecule has 96 valence electrons. The molecule has 0 aliphatic carbocycles. The largest absolute Gasteiger partial charge is 0.493 e. The van der Waals surface area contributed by atoms with Gasteiger partial charge in [0.2, 0.25) is 5.91 Å². The van der Waals surface area contributed by atoms with Crippen LogP contribution in [-0.2, 0) is 11.3 Å². The number of ether oxygens (including phenoxy) is 2.